The van der Waals surface area contributed by atoms with Crippen LogP contribution in [-0.2, 0) is 11.3 Å². The van der Waals surface area contributed by atoms with Crippen LogP contribution >= 0.6 is 0 Å². The van der Waals surface area contributed by atoms with Gasteiger partial charge < -0.3 is 21.5 Å². The van der Waals surface area contributed by atoms with E-state index in [0.29, 0.717) is 30.3 Å². The Hall–Kier alpha value is -2.61. The van der Waals surface area contributed by atoms with Crippen molar-refractivity contribution >= 4 is 23.1 Å². The van der Waals surface area contributed by atoms with Crippen LogP contribution in [0.15, 0.2) is 24.5 Å². The second-order valence-electron chi connectivity index (χ2n) is 4.11. The molecule has 0 aromatic carbocycles. The van der Waals surface area contributed by atoms with Crippen molar-refractivity contribution in [1.29, 1.82) is 0 Å². The van der Waals surface area contributed by atoms with Gasteiger partial charge >= 0.3 is 0 Å². The fraction of sp³-hybridized carbons (Fsp3) is 0.250. The third-order valence-electron chi connectivity index (χ3n) is 2.60. The van der Waals surface area contributed by atoms with Crippen LogP contribution in [0.25, 0.3) is 0 Å². The number of hydrogen-bond donors (Lipinski definition) is 3. The Morgan fingerprint density at radius 2 is 2.30 bits per heavy atom. The maximum atomic E-state index is 11.1. The number of carbonyl (C=O) groups excluding carboxylic acids is 1. The first-order valence-corrected chi connectivity index (χ1v) is 5.95. The number of rotatable bonds is 6. The first-order chi connectivity index (χ1) is 9.60. The average Bonchev–Trinajstić information content (AvgIpc) is 2.86. The van der Waals surface area contributed by atoms with Crippen LogP contribution in [0.1, 0.15) is 10.5 Å². The van der Waals surface area contributed by atoms with Crippen molar-refractivity contribution in [1.82, 2.24) is 14.8 Å². The molecule has 5 N–H and O–H groups in total. The number of nitrogens with two attached hydrogens (primary N) is 2. The first-order valence-electron chi connectivity index (χ1n) is 5.95. The normalized spacial score (nSPS) is 10.4. The molecule has 0 unspecified atom stereocenters. The lowest BCUT2D eigenvalue weighted by Crippen LogP contribution is -2.14. The van der Waals surface area contributed by atoms with Gasteiger partial charge in [-0.15, -0.1) is 0 Å². The van der Waals surface area contributed by atoms with E-state index in [0.717, 1.165) is 0 Å². The number of nitrogens with zero attached hydrogens (tertiary/aromatic N) is 3. The molecule has 0 bridgehead atoms. The predicted octanol–water partition coefficient (Wildman–Crippen LogP) is 0.349. The third-order valence-corrected chi connectivity index (χ3v) is 2.60. The molecule has 0 atom stereocenters. The molecule has 0 radical (unpaired) electrons. The molecule has 0 aliphatic rings. The highest BCUT2D eigenvalue weighted by atomic mass is 16.5. The molecular weight excluding hydrogens is 260 g/mol. The smallest absolute Gasteiger partial charge is 0.267 e. The molecule has 0 aliphatic heterocycles. The number of anilines is 3. The molecule has 20 heavy (non-hydrogen) atoms. The molecule has 0 saturated carbocycles. The summed E-state index contributed by atoms with van der Waals surface area (Å²) in [6.07, 6.45) is 3.42. The second-order valence-corrected chi connectivity index (χ2v) is 4.11. The van der Waals surface area contributed by atoms with Crippen LogP contribution in [0.5, 0.6) is 0 Å². The molecular formula is C12H16N6O2. The van der Waals surface area contributed by atoms with Gasteiger partial charge in [-0.3, -0.25) is 9.48 Å². The second kappa shape index (κ2) is 6.02. The van der Waals surface area contributed by atoms with Gasteiger partial charge in [0.25, 0.3) is 5.91 Å². The Labute approximate surface area is 115 Å². The highest BCUT2D eigenvalue weighted by Crippen LogP contribution is 2.20. The van der Waals surface area contributed by atoms with Gasteiger partial charge in [-0.1, -0.05) is 0 Å². The van der Waals surface area contributed by atoms with E-state index in [2.05, 4.69) is 15.4 Å². The van der Waals surface area contributed by atoms with E-state index in [-0.39, 0.29) is 5.69 Å². The highest BCUT2D eigenvalue weighted by molar-refractivity contribution is 5.92. The number of ether oxygens (including phenoxy) is 1. The summed E-state index contributed by atoms with van der Waals surface area (Å²) in [4.78, 5) is 15.2. The molecule has 2 heterocycles. The van der Waals surface area contributed by atoms with E-state index in [1.807, 2.05) is 0 Å². The van der Waals surface area contributed by atoms with Crippen molar-refractivity contribution in [3.8, 4) is 0 Å². The molecule has 8 heteroatoms. The van der Waals surface area contributed by atoms with E-state index in [1.165, 1.54) is 6.07 Å². The Morgan fingerprint density at radius 3 is 3.00 bits per heavy atom. The maximum absolute atomic E-state index is 11.1. The third kappa shape index (κ3) is 3.23. The van der Waals surface area contributed by atoms with Crippen molar-refractivity contribution in [3.63, 3.8) is 0 Å². The van der Waals surface area contributed by atoms with Crippen molar-refractivity contribution in [2.24, 2.45) is 5.73 Å². The number of amides is 1. The lowest BCUT2D eigenvalue weighted by molar-refractivity contribution is 0.0996. The molecule has 106 valence electrons. The SMILES string of the molecule is COCCn1cc(Nc2nc(C(N)=O)ccc2N)cn1. The van der Waals surface area contributed by atoms with E-state index in [4.69, 9.17) is 16.2 Å². The first kappa shape index (κ1) is 13.8. The van der Waals surface area contributed by atoms with Crippen LogP contribution in [0.4, 0.5) is 17.2 Å². The summed E-state index contributed by atoms with van der Waals surface area (Å²) in [5, 5.41) is 7.15. The number of carbonyl (C=O) groups is 1. The van der Waals surface area contributed by atoms with Crippen LogP contribution < -0.4 is 16.8 Å². The quantitative estimate of drug-likeness (QED) is 0.700. The van der Waals surface area contributed by atoms with Gasteiger partial charge in [0.15, 0.2) is 5.82 Å². The molecule has 0 aliphatic carbocycles. The van der Waals surface area contributed by atoms with E-state index < -0.39 is 5.91 Å². The zero-order chi connectivity index (χ0) is 14.5. The van der Waals surface area contributed by atoms with Crippen molar-refractivity contribution in [3.05, 3.63) is 30.2 Å². The zero-order valence-corrected chi connectivity index (χ0v) is 11.0. The summed E-state index contributed by atoms with van der Waals surface area (Å²) in [5.74, 6) is -0.239. The van der Waals surface area contributed by atoms with Gasteiger partial charge in [0.2, 0.25) is 0 Å². The van der Waals surface area contributed by atoms with Gasteiger partial charge in [0.1, 0.15) is 5.69 Å². The lowest BCUT2D eigenvalue weighted by atomic mass is 10.3. The Balaban J connectivity index is 2.14. The molecule has 8 nitrogen and oxygen atoms in total. The van der Waals surface area contributed by atoms with Gasteiger partial charge in [-0.2, -0.15) is 5.10 Å². The number of nitrogens with one attached hydrogen (secondary N) is 1. The number of primary amides is 1. The van der Waals surface area contributed by atoms with Gasteiger partial charge in [0, 0.05) is 13.3 Å². The Morgan fingerprint density at radius 1 is 1.50 bits per heavy atom. The van der Waals surface area contributed by atoms with Gasteiger partial charge in [0.05, 0.1) is 30.7 Å². The van der Waals surface area contributed by atoms with Crippen LogP contribution in [-0.4, -0.2) is 34.4 Å². The Kier molecular flexibility index (Phi) is 4.16. The predicted molar refractivity (Wildman–Crippen MR) is 74.6 cm³/mol. The average molecular weight is 276 g/mol. The zero-order valence-electron chi connectivity index (χ0n) is 11.0. The summed E-state index contributed by atoms with van der Waals surface area (Å²) < 4.78 is 6.69. The summed E-state index contributed by atoms with van der Waals surface area (Å²) in [7, 11) is 1.63. The largest absolute Gasteiger partial charge is 0.396 e. The van der Waals surface area contributed by atoms with Crippen molar-refractivity contribution < 1.29 is 9.53 Å². The number of nitrogen functional groups attached to an aromatic ring is 1. The molecule has 2 aromatic rings. The number of hydrogen-bond acceptors (Lipinski definition) is 6. The molecule has 0 fully saturated rings. The fourth-order valence-corrected chi connectivity index (χ4v) is 1.58. The summed E-state index contributed by atoms with van der Waals surface area (Å²) >= 11 is 0. The number of pyridine rings is 1. The minimum atomic E-state index is -0.608. The maximum Gasteiger partial charge on any atom is 0.267 e. The molecule has 0 spiro atoms. The summed E-state index contributed by atoms with van der Waals surface area (Å²) in [6, 6.07) is 3.05. The Bertz CT molecular complexity index is 610. The topological polar surface area (TPSA) is 121 Å². The molecule has 1 amide bonds. The standard InChI is InChI=1S/C12H16N6O2/c1-20-5-4-18-7-8(6-15-18)16-12-9(13)2-3-10(17-12)11(14)19/h2-3,6-7H,4-5,13H2,1H3,(H2,14,19)(H,16,17). The number of aromatic nitrogens is 3. The summed E-state index contributed by atoms with van der Waals surface area (Å²) in [6.45, 7) is 1.21. The highest BCUT2D eigenvalue weighted by Gasteiger charge is 2.08. The van der Waals surface area contributed by atoms with Crippen LogP contribution in [0, 0.1) is 0 Å². The molecule has 2 rings (SSSR count). The van der Waals surface area contributed by atoms with Crippen LogP contribution in [0.2, 0.25) is 0 Å². The van der Waals surface area contributed by atoms with Crippen molar-refractivity contribution in [2.45, 2.75) is 6.54 Å². The fourth-order valence-electron chi connectivity index (χ4n) is 1.58. The molecule has 2 aromatic heterocycles. The lowest BCUT2D eigenvalue weighted by Gasteiger charge is -2.07. The monoisotopic (exact) mass is 276 g/mol. The van der Waals surface area contributed by atoms with E-state index >= 15 is 0 Å². The minimum absolute atomic E-state index is 0.147. The van der Waals surface area contributed by atoms with E-state index in [1.54, 1.807) is 30.3 Å². The van der Waals surface area contributed by atoms with Gasteiger partial charge in [-0.25, -0.2) is 4.98 Å². The number of methoxy groups -OCH3 is 1. The minimum Gasteiger partial charge on any atom is -0.396 e. The van der Waals surface area contributed by atoms with Crippen LogP contribution in [0.3, 0.4) is 0 Å². The molecule has 0 saturated heterocycles. The summed E-state index contributed by atoms with van der Waals surface area (Å²) in [5.41, 5.74) is 12.3. The van der Waals surface area contributed by atoms with Gasteiger partial charge in [-0.05, 0) is 12.1 Å². The van der Waals surface area contributed by atoms with Crippen molar-refractivity contribution in [2.75, 3.05) is 24.8 Å². The van der Waals surface area contributed by atoms with E-state index in [9.17, 15) is 4.79 Å².